The van der Waals surface area contributed by atoms with Crippen LogP contribution in [0.1, 0.15) is 12.8 Å². The van der Waals surface area contributed by atoms with Gasteiger partial charge in [0.2, 0.25) is 6.79 Å². The number of ether oxygens (including phenoxy) is 3. The molecule has 0 unspecified atom stereocenters. The molecule has 3 rings (SSSR count). The largest absolute Gasteiger partial charge is 0.490 e. The predicted octanol–water partition coefficient (Wildman–Crippen LogP) is 1.55. The highest BCUT2D eigenvalue weighted by molar-refractivity contribution is 5.46. The molecule has 16 heavy (non-hydrogen) atoms. The number of fused-ring (bicyclic) bond motifs is 1. The average Bonchev–Trinajstić information content (AvgIpc) is 2.77. The summed E-state index contributed by atoms with van der Waals surface area (Å²) in [5.41, 5.74) is 0. The molecule has 2 aliphatic rings. The number of rotatable bonds is 2. The predicted molar refractivity (Wildman–Crippen MR) is 59.1 cm³/mol. The fraction of sp³-hybridized carbons (Fsp3) is 0.500. The van der Waals surface area contributed by atoms with E-state index in [1.54, 1.807) is 0 Å². The molecule has 1 N–H and O–H groups in total. The Morgan fingerprint density at radius 2 is 1.94 bits per heavy atom. The van der Waals surface area contributed by atoms with Crippen molar-refractivity contribution < 1.29 is 14.2 Å². The van der Waals surface area contributed by atoms with Gasteiger partial charge in [0.25, 0.3) is 0 Å². The van der Waals surface area contributed by atoms with Gasteiger partial charge in [-0.3, -0.25) is 0 Å². The van der Waals surface area contributed by atoms with E-state index in [0.717, 1.165) is 43.2 Å². The lowest BCUT2D eigenvalue weighted by Crippen LogP contribution is -2.34. The fourth-order valence-corrected chi connectivity index (χ4v) is 2.06. The highest BCUT2D eigenvalue weighted by Gasteiger charge is 2.17. The maximum absolute atomic E-state index is 5.90. The molecular formula is C12H15NO3. The normalized spacial score (nSPS) is 19.8. The number of nitrogens with one attached hydrogen (secondary N) is 1. The maximum atomic E-state index is 5.90. The van der Waals surface area contributed by atoms with Crippen LogP contribution in [-0.2, 0) is 0 Å². The van der Waals surface area contributed by atoms with E-state index in [4.69, 9.17) is 14.2 Å². The molecule has 86 valence electrons. The van der Waals surface area contributed by atoms with Crippen molar-refractivity contribution in [1.29, 1.82) is 0 Å². The topological polar surface area (TPSA) is 39.7 Å². The molecule has 0 bridgehead atoms. The Labute approximate surface area is 94.5 Å². The van der Waals surface area contributed by atoms with E-state index in [0.29, 0.717) is 12.9 Å². The zero-order valence-corrected chi connectivity index (χ0v) is 9.07. The SMILES string of the molecule is c1cc2c(cc1OC1CCNCC1)OCO2. The van der Waals surface area contributed by atoms with Crippen molar-refractivity contribution >= 4 is 0 Å². The van der Waals surface area contributed by atoms with Crippen molar-refractivity contribution in [3.05, 3.63) is 18.2 Å². The first-order valence-electron chi connectivity index (χ1n) is 5.69. The monoisotopic (exact) mass is 221 g/mol. The Balaban J connectivity index is 1.69. The molecule has 0 atom stereocenters. The average molecular weight is 221 g/mol. The molecule has 1 saturated heterocycles. The number of benzene rings is 1. The molecule has 0 saturated carbocycles. The molecule has 0 spiro atoms. The van der Waals surface area contributed by atoms with E-state index in [2.05, 4.69) is 5.32 Å². The zero-order valence-electron chi connectivity index (χ0n) is 9.07. The van der Waals surface area contributed by atoms with Crippen LogP contribution in [0.4, 0.5) is 0 Å². The van der Waals surface area contributed by atoms with Gasteiger partial charge < -0.3 is 19.5 Å². The van der Waals surface area contributed by atoms with Crippen molar-refractivity contribution in [3.8, 4) is 17.2 Å². The van der Waals surface area contributed by atoms with Crippen molar-refractivity contribution in [2.45, 2.75) is 18.9 Å². The van der Waals surface area contributed by atoms with Crippen LogP contribution < -0.4 is 19.5 Å². The third-order valence-electron chi connectivity index (χ3n) is 2.93. The quantitative estimate of drug-likeness (QED) is 0.822. The molecular weight excluding hydrogens is 206 g/mol. The van der Waals surface area contributed by atoms with Crippen molar-refractivity contribution in [2.24, 2.45) is 0 Å². The number of piperidine rings is 1. The first-order valence-corrected chi connectivity index (χ1v) is 5.69. The van der Waals surface area contributed by atoms with Crippen molar-refractivity contribution in [2.75, 3.05) is 19.9 Å². The van der Waals surface area contributed by atoms with E-state index in [-0.39, 0.29) is 0 Å². The van der Waals surface area contributed by atoms with Gasteiger partial charge in [0.1, 0.15) is 11.9 Å². The molecule has 2 heterocycles. The van der Waals surface area contributed by atoms with Crippen molar-refractivity contribution in [1.82, 2.24) is 5.32 Å². The van der Waals surface area contributed by atoms with Crippen LogP contribution in [0.2, 0.25) is 0 Å². The van der Waals surface area contributed by atoms with Gasteiger partial charge in [-0.1, -0.05) is 0 Å². The van der Waals surface area contributed by atoms with Gasteiger partial charge in [0.05, 0.1) is 0 Å². The molecule has 0 aliphatic carbocycles. The van der Waals surface area contributed by atoms with E-state index >= 15 is 0 Å². The lowest BCUT2D eigenvalue weighted by Gasteiger charge is -2.23. The van der Waals surface area contributed by atoms with Crippen LogP contribution in [0.15, 0.2) is 18.2 Å². The summed E-state index contributed by atoms with van der Waals surface area (Å²) in [6, 6.07) is 5.75. The van der Waals surface area contributed by atoms with Gasteiger partial charge in [0.15, 0.2) is 11.5 Å². The van der Waals surface area contributed by atoms with Crippen LogP contribution in [0.25, 0.3) is 0 Å². The minimum atomic E-state index is 0.312. The molecule has 0 aromatic heterocycles. The molecule has 1 aromatic carbocycles. The highest BCUT2D eigenvalue weighted by Crippen LogP contribution is 2.35. The lowest BCUT2D eigenvalue weighted by atomic mass is 10.1. The summed E-state index contributed by atoms with van der Waals surface area (Å²) < 4.78 is 16.5. The second-order valence-electron chi connectivity index (χ2n) is 4.08. The second-order valence-corrected chi connectivity index (χ2v) is 4.08. The standard InChI is InChI=1S/C12H15NO3/c1-2-11-12(15-8-14-11)7-10(1)16-9-3-5-13-6-4-9/h1-2,7,9,13H,3-6,8H2. The Kier molecular flexibility index (Phi) is 2.58. The van der Waals surface area contributed by atoms with Gasteiger partial charge >= 0.3 is 0 Å². The summed E-state index contributed by atoms with van der Waals surface area (Å²) in [5.74, 6) is 2.46. The third-order valence-corrected chi connectivity index (χ3v) is 2.93. The summed E-state index contributed by atoms with van der Waals surface area (Å²) >= 11 is 0. The van der Waals surface area contributed by atoms with Crippen LogP contribution in [0, 0.1) is 0 Å². The van der Waals surface area contributed by atoms with E-state index in [1.165, 1.54) is 0 Å². The lowest BCUT2D eigenvalue weighted by molar-refractivity contribution is 0.161. The van der Waals surface area contributed by atoms with Crippen LogP contribution in [0.5, 0.6) is 17.2 Å². The zero-order chi connectivity index (χ0) is 10.8. The highest BCUT2D eigenvalue weighted by atomic mass is 16.7. The second kappa shape index (κ2) is 4.22. The minimum absolute atomic E-state index is 0.312. The summed E-state index contributed by atoms with van der Waals surface area (Å²) in [5, 5.41) is 3.32. The molecule has 4 nitrogen and oxygen atoms in total. The van der Waals surface area contributed by atoms with E-state index in [1.807, 2.05) is 18.2 Å². The van der Waals surface area contributed by atoms with Gasteiger partial charge in [-0.05, 0) is 38.1 Å². The fourth-order valence-electron chi connectivity index (χ4n) is 2.06. The van der Waals surface area contributed by atoms with Gasteiger partial charge in [-0.25, -0.2) is 0 Å². The Hall–Kier alpha value is -1.42. The minimum Gasteiger partial charge on any atom is -0.490 e. The molecule has 1 aromatic rings. The van der Waals surface area contributed by atoms with E-state index < -0.39 is 0 Å². The smallest absolute Gasteiger partial charge is 0.231 e. The molecule has 2 aliphatic heterocycles. The summed E-state index contributed by atoms with van der Waals surface area (Å²) in [6.07, 6.45) is 2.45. The van der Waals surface area contributed by atoms with Gasteiger partial charge in [-0.2, -0.15) is 0 Å². The first kappa shape index (κ1) is 9.78. The Morgan fingerprint density at radius 1 is 1.12 bits per heavy atom. The summed E-state index contributed by atoms with van der Waals surface area (Å²) in [7, 11) is 0. The molecule has 0 amide bonds. The van der Waals surface area contributed by atoms with E-state index in [9.17, 15) is 0 Å². The molecule has 0 radical (unpaired) electrons. The summed E-state index contributed by atoms with van der Waals surface area (Å²) in [4.78, 5) is 0. The van der Waals surface area contributed by atoms with Gasteiger partial charge in [-0.15, -0.1) is 0 Å². The number of hydrogen-bond donors (Lipinski definition) is 1. The number of hydrogen-bond acceptors (Lipinski definition) is 4. The summed E-state index contributed by atoms with van der Waals surface area (Å²) in [6.45, 7) is 2.39. The Bertz CT molecular complexity index is 375. The first-order chi connectivity index (χ1) is 7.92. The van der Waals surface area contributed by atoms with Crippen molar-refractivity contribution in [3.63, 3.8) is 0 Å². The third kappa shape index (κ3) is 1.93. The Morgan fingerprint density at radius 3 is 2.81 bits per heavy atom. The maximum Gasteiger partial charge on any atom is 0.231 e. The van der Waals surface area contributed by atoms with Crippen LogP contribution >= 0.6 is 0 Å². The molecule has 4 heteroatoms. The van der Waals surface area contributed by atoms with Crippen LogP contribution in [0.3, 0.4) is 0 Å². The van der Waals surface area contributed by atoms with Crippen LogP contribution in [-0.4, -0.2) is 26.0 Å². The van der Waals surface area contributed by atoms with Gasteiger partial charge in [0, 0.05) is 6.07 Å². The molecule has 1 fully saturated rings.